The summed E-state index contributed by atoms with van der Waals surface area (Å²) in [7, 11) is 0. The quantitative estimate of drug-likeness (QED) is 0.884. The molecule has 0 saturated carbocycles. The highest BCUT2D eigenvalue weighted by molar-refractivity contribution is 5.54. The summed E-state index contributed by atoms with van der Waals surface area (Å²) in [4.78, 5) is 2.53. The van der Waals surface area contributed by atoms with Crippen LogP contribution in [0.5, 0.6) is 0 Å². The van der Waals surface area contributed by atoms with Crippen LogP contribution in [-0.2, 0) is 17.7 Å². The average molecular weight is 260 g/mol. The highest BCUT2D eigenvalue weighted by atomic mass is 16.5. The zero-order chi connectivity index (χ0) is 13.2. The van der Waals surface area contributed by atoms with Gasteiger partial charge in [-0.3, -0.25) is 4.90 Å². The summed E-state index contributed by atoms with van der Waals surface area (Å²) in [6, 6.07) is 7.42. The number of nitrogens with zero attached hydrogens (tertiary/aromatic N) is 1. The van der Waals surface area contributed by atoms with E-state index in [1.54, 1.807) is 0 Å². The van der Waals surface area contributed by atoms with Crippen LogP contribution in [0, 0.1) is 0 Å². The van der Waals surface area contributed by atoms with Gasteiger partial charge in [-0.15, -0.1) is 0 Å². The molecule has 1 saturated heterocycles. The second-order valence-electron chi connectivity index (χ2n) is 5.94. The minimum Gasteiger partial charge on any atom is -0.385 e. The zero-order valence-corrected chi connectivity index (χ0v) is 12.0. The maximum absolute atomic E-state index is 5.70. The molecule has 3 nitrogen and oxygen atoms in total. The van der Waals surface area contributed by atoms with E-state index >= 15 is 0 Å². The van der Waals surface area contributed by atoms with Gasteiger partial charge in [0.2, 0.25) is 0 Å². The summed E-state index contributed by atoms with van der Waals surface area (Å²) in [5, 5.41) is 3.48. The van der Waals surface area contributed by atoms with Crippen LogP contribution in [0.25, 0.3) is 0 Å². The van der Waals surface area contributed by atoms with Crippen molar-refractivity contribution in [2.75, 3.05) is 25.0 Å². The molecule has 3 rings (SSSR count). The minimum atomic E-state index is 0.357. The Bertz CT molecular complexity index is 446. The van der Waals surface area contributed by atoms with Crippen LogP contribution in [0.3, 0.4) is 0 Å². The number of nitrogens with one attached hydrogen (secondary N) is 1. The van der Waals surface area contributed by atoms with Crippen molar-refractivity contribution in [3.63, 3.8) is 0 Å². The lowest BCUT2D eigenvalue weighted by Gasteiger charge is -2.37. The standard InChI is InChI=1S/C16H24N2O/c1-12-11-19-13(2)9-18(12)10-14-5-6-16-15(8-14)4-3-7-17-16/h5-6,8,12-13,17H,3-4,7,9-11H2,1-2H3. The highest BCUT2D eigenvalue weighted by Crippen LogP contribution is 2.24. The van der Waals surface area contributed by atoms with Crippen LogP contribution < -0.4 is 5.32 Å². The summed E-state index contributed by atoms with van der Waals surface area (Å²) in [6.07, 6.45) is 2.82. The number of hydrogen-bond donors (Lipinski definition) is 1. The van der Waals surface area contributed by atoms with Crippen molar-refractivity contribution in [3.05, 3.63) is 29.3 Å². The maximum Gasteiger partial charge on any atom is 0.0674 e. The molecule has 0 aromatic heterocycles. The first-order valence-electron chi connectivity index (χ1n) is 7.43. The van der Waals surface area contributed by atoms with E-state index in [0.29, 0.717) is 12.1 Å². The molecular formula is C16H24N2O. The van der Waals surface area contributed by atoms with Crippen LogP contribution >= 0.6 is 0 Å². The molecule has 2 atom stereocenters. The molecule has 0 bridgehead atoms. The Balaban J connectivity index is 1.72. The Kier molecular flexibility index (Phi) is 3.76. The first-order valence-corrected chi connectivity index (χ1v) is 7.43. The third kappa shape index (κ3) is 2.93. The molecule has 2 unspecified atom stereocenters. The molecule has 0 amide bonds. The summed E-state index contributed by atoms with van der Waals surface area (Å²) < 4.78 is 5.70. The average Bonchev–Trinajstić information content (AvgIpc) is 2.43. The van der Waals surface area contributed by atoms with E-state index < -0.39 is 0 Å². The molecule has 2 aliphatic rings. The minimum absolute atomic E-state index is 0.357. The Hall–Kier alpha value is -1.06. The summed E-state index contributed by atoms with van der Waals surface area (Å²) in [5.41, 5.74) is 4.25. The Morgan fingerprint density at radius 3 is 3.16 bits per heavy atom. The fraction of sp³-hybridized carbons (Fsp3) is 0.625. The molecule has 2 heterocycles. The Labute approximate surface area is 115 Å². The largest absolute Gasteiger partial charge is 0.385 e. The fourth-order valence-corrected chi connectivity index (χ4v) is 3.05. The Morgan fingerprint density at radius 1 is 1.37 bits per heavy atom. The molecule has 19 heavy (non-hydrogen) atoms. The molecule has 1 aromatic rings. The van der Waals surface area contributed by atoms with E-state index in [2.05, 4.69) is 42.3 Å². The smallest absolute Gasteiger partial charge is 0.0674 e. The lowest BCUT2D eigenvalue weighted by Crippen LogP contribution is -2.46. The highest BCUT2D eigenvalue weighted by Gasteiger charge is 2.23. The van der Waals surface area contributed by atoms with Gasteiger partial charge in [-0.1, -0.05) is 12.1 Å². The molecule has 3 heteroatoms. The zero-order valence-electron chi connectivity index (χ0n) is 12.0. The van der Waals surface area contributed by atoms with Crippen LogP contribution in [-0.4, -0.2) is 36.7 Å². The van der Waals surface area contributed by atoms with Crippen molar-refractivity contribution in [3.8, 4) is 0 Å². The van der Waals surface area contributed by atoms with E-state index in [-0.39, 0.29) is 0 Å². The van der Waals surface area contributed by atoms with E-state index in [1.165, 1.54) is 29.7 Å². The number of ether oxygens (including phenoxy) is 1. The van der Waals surface area contributed by atoms with Gasteiger partial charge >= 0.3 is 0 Å². The van der Waals surface area contributed by atoms with Gasteiger partial charge in [-0.05, 0) is 43.9 Å². The monoisotopic (exact) mass is 260 g/mol. The van der Waals surface area contributed by atoms with Crippen molar-refractivity contribution in [1.29, 1.82) is 0 Å². The molecule has 1 N–H and O–H groups in total. The second-order valence-corrected chi connectivity index (χ2v) is 5.94. The van der Waals surface area contributed by atoms with Crippen molar-refractivity contribution in [1.82, 2.24) is 4.90 Å². The molecule has 0 radical (unpaired) electrons. The maximum atomic E-state index is 5.70. The van der Waals surface area contributed by atoms with E-state index in [0.717, 1.165) is 26.2 Å². The number of rotatable bonds is 2. The van der Waals surface area contributed by atoms with Crippen molar-refractivity contribution < 1.29 is 4.74 Å². The molecule has 0 aliphatic carbocycles. The van der Waals surface area contributed by atoms with Crippen LogP contribution in [0.2, 0.25) is 0 Å². The first kappa shape index (κ1) is 12.9. The lowest BCUT2D eigenvalue weighted by atomic mass is 10.00. The van der Waals surface area contributed by atoms with Crippen LogP contribution in [0.15, 0.2) is 18.2 Å². The summed E-state index contributed by atoms with van der Waals surface area (Å²) in [6.45, 7) is 8.47. The third-order valence-electron chi connectivity index (χ3n) is 4.23. The van der Waals surface area contributed by atoms with Gasteiger partial charge in [0.15, 0.2) is 0 Å². The molecule has 1 aromatic carbocycles. The van der Waals surface area contributed by atoms with Gasteiger partial charge in [0, 0.05) is 31.4 Å². The number of fused-ring (bicyclic) bond motifs is 1. The number of morpholine rings is 1. The van der Waals surface area contributed by atoms with Crippen molar-refractivity contribution >= 4 is 5.69 Å². The lowest BCUT2D eigenvalue weighted by molar-refractivity contribution is -0.0526. The first-order chi connectivity index (χ1) is 9.22. The predicted molar refractivity (Wildman–Crippen MR) is 78.5 cm³/mol. The van der Waals surface area contributed by atoms with Gasteiger partial charge in [-0.25, -0.2) is 0 Å². The normalized spacial score (nSPS) is 27.7. The van der Waals surface area contributed by atoms with Gasteiger partial charge in [0.05, 0.1) is 12.7 Å². The molecular weight excluding hydrogens is 236 g/mol. The number of hydrogen-bond acceptors (Lipinski definition) is 3. The Morgan fingerprint density at radius 2 is 2.26 bits per heavy atom. The van der Waals surface area contributed by atoms with Gasteiger partial charge in [0.25, 0.3) is 0 Å². The van der Waals surface area contributed by atoms with Crippen molar-refractivity contribution in [2.45, 2.75) is 45.4 Å². The number of benzene rings is 1. The molecule has 104 valence electrons. The SMILES string of the molecule is CC1CN(Cc2ccc3c(c2)CCCN3)C(C)CO1. The predicted octanol–water partition coefficient (Wildman–Crippen LogP) is 2.65. The number of anilines is 1. The summed E-state index contributed by atoms with van der Waals surface area (Å²) in [5.74, 6) is 0. The van der Waals surface area contributed by atoms with E-state index in [4.69, 9.17) is 4.74 Å². The summed E-state index contributed by atoms with van der Waals surface area (Å²) >= 11 is 0. The second kappa shape index (κ2) is 5.51. The molecule has 2 aliphatic heterocycles. The van der Waals surface area contributed by atoms with Gasteiger partial charge in [0.1, 0.15) is 0 Å². The molecule has 0 spiro atoms. The van der Waals surface area contributed by atoms with Crippen LogP contribution in [0.4, 0.5) is 5.69 Å². The fourth-order valence-electron chi connectivity index (χ4n) is 3.05. The van der Waals surface area contributed by atoms with E-state index in [1.807, 2.05) is 0 Å². The topological polar surface area (TPSA) is 24.5 Å². The van der Waals surface area contributed by atoms with Crippen molar-refractivity contribution in [2.24, 2.45) is 0 Å². The number of aryl methyl sites for hydroxylation is 1. The molecule has 1 fully saturated rings. The third-order valence-corrected chi connectivity index (χ3v) is 4.23. The van der Waals surface area contributed by atoms with Gasteiger partial charge < -0.3 is 10.1 Å². The van der Waals surface area contributed by atoms with Gasteiger partial charge in [-0.2, -0.15) is 0 Å². The van der Waals surface area contributed by atoms with E-state index in [9.17, 15) is 0 Å². The van der Waals surface area contributed by atoms with Crippen LogP contribution in [0.1, 0.15) is 31.4 Å².